The van der Waals surface area contributed by atoms with Gasteiger partial charge in [0.2, 0.25) is 0 Å². The van der Waals surface area contributed by atoms with Gasteiger partial charge in [-0.2, -0.15) is 0 Å². The van der Waals surface area contributed by atoms with E-state index in [0.717, 1.165) is 0 Å². The Balaban J connectivity index is 0.000000184. The standard InChI is InChI=1S/C40H34.C13H10S.C7H8/c1-27-19-24-34-36(25-27)40(30-13-7-5-8-14-30,31-15-9-6-10-16-31)37-26-35(32-17-11-12-18-33(32)38(34)37)28-20-22-29(23-21-28)39(2,3)4;1-9-5-4-8-12-13(9)10-6-2-3-7-11(10)14-12;1-7-5-3-2-4-6-7/h5-26H,1-4H3;2-8H,1H3;2-6H,1H3. The Hall–Kier alpha value is -6.54. The minimum absolute atomic E-state index is 0.119. The highest BCUT2D eigenvalue weighted by molar-refractivity contribution is 7.25. The van der Waals surface area contributed by atoms with Crippen molar-refractivity contribution in [2.75, 3.05) is 0 Å². The van der Waals surface area contributed by atoms with Gasteiger partial charge < -0.3 is 0 Å². The molecule has 0 radical (unpaired) electrons. The van der Waals surface area contributed by atoms with Gasteiger partial charge in [-0.25, -0.2) is 0 Å². The summed E-state index contributed by atoms with van der Waals surface area (Å²) in [7, 11) is 0. The Bertz CT molecular complexity index is 3070. The largest absolute Gasteiger partial charge is 0.135 e. The molecule has 1 aliphatic rings. The second kappa shape index (κ2) is 16.5. The van der Waals surface area contributed by atoms with Crippen molar-refractivity contribution in [1.82, 2.24) is 0 Å². The first kappa shape index (κ1) is 39.9. The van der Waals surface area contributed by atoms with Crippen LogP contribution in [0.4, 0.5) is 0 Å². The summed E-state index contributed by atoms with van der Waals surface area (Å²) in [5.74, 6) is 0. The molecule has 0 N–H and O–H groups in total. The van der Waals surface area contributed by atoms with Crippen molar-refractivity contribution in [1.29, 1.82) is 0 Å². The van der Waals surface area contributed by atoms with Crippen molar-refractivity contribution in [3.05, 3.63) is 251 Å². The number of benzene rings is 9. The zero-order chi connectivity index (χ0) is 42.1. The predicted molar refractivity (Wildman–Crippen MR) is 265 cm³/mol. The van der Waals surface area contributed by atoms with Crippen LogP contribution in [0.3, 0.4) is 0 Å². The van der Waals surface area contributed by atoms with E-state index in [1.165, 1.54) is 97.7 Å². The van der Waals surface area contributed by atoms with Gasteiger partial charge in [-0.3, -0.25) is 0 Å². The number of thiophene rings is 1. The van der Waals surface area contributed by atoms with E-state index in [0.29, 0.717) is 0 Å². The summed E-state index contributed by atoms with van der Waals surface area (Å²) in [4.78, 5) is 0. The SMILES string of the molecule is Cc1ccc2c(c1)C(c1ccccc1)(c1ccccc1)c1cc(-c3ccc(C(C)(C)C)cc3)c3ccccc3c1-2.Cc1cccc2sc3ccccc3c12.Cc1ccccc1. The molecular weight excluding hydrogens is 753 g/mol. The Morgan fingerprint density at radius 1 is 0.410 bits per heavy atom. The van der Waals surface area contributed by atoms with Gasteiger partial charge in [0.25, 0.3) is 0 Å². The van der Waals surface area contributed by atoms with Crippen LogP contribution in [-0.4, -0.2) is 0 Å². The van der Waals surface area contributed by atoms with Crippen molar-refractivity contribution >= 4 is 42.3 Å². The van der Waals surface area contributed by atoms with E-state index in [4.69, 9.17) is 0 Å². The lowest BCUT2D eigenvalue weighted by atomic mass is 9.67. The lowest BCUT2D eigenvalue weighted by Crippen LogP contribution is -2.28. The molecule has 0 unspecified atom stereocenters. The molecule has 0 saturated carbocycles. The van der Waals surface area contributed by atoms with E-state index in [1.807, 2.05) is 29.5 Å². The first-order chi connectivity index (χ1) is 29.6. The number of hydrogen-bond donors (Lipinski definition) is 0. The van der Waals surface area contributed by atoms with Gasteiger partial charge in [0.15, 0.2) is 0 Å². The fourth-order valence-electron chi connectivity index (χ4n) is 9.33. The Labute approximate surface area is 365 Å². The van der Waals surface area contributed by atoms with E-state index in [-0.39, 0.29) is 5.41 Å². The molecule has 0 bridgehead atoms. The highest BCUT2D eigenvalue weighted by Gasteiger charge is 2.47. The molecule has 298 valence electrons. The second-order valence-corrected chi connectivity index (χ2v) is 18.5. The highest BCUT2D eigenvalue weighted by Crippen LogP contribution is 2.59. The molecule has 0 atom stereocenters. The van der Waals surface area contributed by atoms with Gasteiger partial charge in [-0.15, -0.1) is 11.3 Å². The molecule has 0 nitrogen and oxygen atoms in total. The first-order valence-electron chi connectivity index (χ1n) is 21.4. The quantitative estimate of drug-likeness (QED) is 0.167. The normalized spacial score (nSPS) is 12.6. The maximum absolute atomic E-state index is 2.50. The van der Waals surface area contributed by atoms with Crippen molar-refractivity contribution < 1.29 is 0 Å². The molecule has 9 aromatic carbocycles. The maximum Gasteiger partial charge on any atom is 0.0714 e. The van der Waals surface area contributed by atoms with E-state index < -0.39 is 5.41 Å². The smallest absolute Gasteiger partial charge is 0.0714 e. The number of fused-ring (bicyclic) bond motifs is 8. The molecule has 1 aromatic heterocycles. The van der Waals surface area contributed by atoms with E-state index in [1.54, 1.807) is 0 Å². The fraction of sp³-hybridized carbons (Fsp3) is 0.133. The molecule has 0 fully saturated rings. The van der Waals surface area contributed by atoms with Gasteiger partial charge in [0, 0.05) is 20.2 Å². The summed E-state index contributed by atoms with van der Waals surface area (Å²) in [6.45, 7) is 13.3. The number of rotatable bonds is 3. The third-order valence-electron chi connectivity index (χ3n) is 12.3. The van der Waals surface area contributed by atoms with Gasteiger partial charge in [0.1, 0.15) is 0 Å². The molecular formula is C60H52S. The monoisotopic (exact) mass is 804 g/mol. The minimum Gasteiger partial charge on any atom is -0.135 e. The van der Waals surface area contributed by atoms with Crippen LogP contribution in [-0.2, 0) is 10.8 Å². The van der Waals surface area contributed by atoms with Crippen LogP contribution >= 0.6 is 11.3 Å². The highest BCUT2D eigenvalue weighted by atomic mass is 32.1. The van der Waals surface area contributed by atoms with Crippen LogP contribution in [0.2, 0.25) is 0 Å². The molecule has 1 heterocycles. The van der Waals surface area contributed by atoms with Crippen LogP contribution in [0.25, 0.3) is 53.2 Å². The van der Waals surface area contributed by atoms with Crippen molar-refractivity contribution in [2.45, 2.75) is 52.4 Å². The first-order valence-corrected chi connectivity index (χ1v) is 22.2. The van der Waals surface area contributed by atoms with Gasteiger partial charge in [-0.1, -0.05) is 220 Å². The van der Waals surface area contributed by atoms with Crippen molar-refractivity contribution in [3.8, 4) is 22.3 Å². The third-order valence-corrected chi connectivity index (χ3v) is 13.5. The number of hydrogen-bond acceptors (Lipinski definition) is 1. The van der Waals surface area contributed by atoms with Crippen LogP contribution in [0.15, 0.2) is 206 Å². The summed E-state index contributed by atoms with van der Waals surface area (Å²) in [6.07, 6.45) is 0. The third kappa shape index (κ3) is 7.38. The Morgan fingerprint density at radius 2 is 0.967 bits per heavy atom. The van der Waals surface area contributed by atoms with Crippen molar-refractivity contribution in [3.63, 3.8) is 0 Å². The lowest BCUT2D eigenvalue weighted by Gasteiger charge is -2.34. The van der Waals surface area contributed by atoms with Gasteiger partial charge in [0.05, 0.1) is 5.41 Å². The van der Waals surface area contributed by atoms with E-state index in [2.05, 4.69) is 230 Å². The molecule has 0 aliphatic heterocycles. The maximum atomic E-state index is 2.50. The second-order valence-electron chi connectivity index (χ2n) is 17.5. The topological polar surface area (TPSA) is 0 Å². The Kier molecular flexibility index (Phi) is 10.8. The van der Waals surface area contributed by atoms with Crippen LogP contribution in [0, 0.1) is 20.8 Å². The molecule has 0 saturated heterocycles. The summed E-state index contributed by atoms with van der Waals surface area (Å²) in [5.41, 5.74) is 15.6. The van der Waals surface area contributed by atoms with E-state index >= 15 is 0 Å². The van der Waals surface area contributed by atoms with Gasteiger partial charge >= 0.3 is 0 Å². The summed E-state index contributed by atoms with van der Waals surface area (Å²) >= 11 is 1.88. The van der Waals surface area contributed by atoms with Crippen LogP contribution < -0.4 is 0 Å². The molecule has 61 heavy (non-hydrogen) atoms. The molecule has 0 amide bonds. The summed E-state index contributed by atoms with van der Waals surface area (Å²) in [6, 6.07) is 75.3. The molecule has 10 aromatic rings. The zero-order valence-corrected chi connectivity index (χ0v) is 36.9. The summed E-state index contributed by atoms with van der Waals surface area (Å²) < 4.78 is 2.78. The molecule has 1 aliphatic carbocycles. The Morgan fingerprint density at radius 3 is 1.57 bits per heavy atom. The predicted octanol–water partition coefficient (Wildman–Crippen LogP) is 16.8. The molecule has 11 rings (SSSR count). The van der Waals surface area contributed by atoms with Crippen LogP contribution in [0.5, 0.6) is 0 Å². The number of aryl methyl sites for hydroxylation is 3. The fourth-order valence-corrected chi connectivity index (χ4v) is 10.5. The van der Waals surface area contributed by atoms with Crippen molar-refractivity contribution in [2.24, 2.45) is 0 Å². The average molecular weight is 805 g/mol. The lowest BCUT2D eigenvalue weighted by molar-refractivity contribution is 0.590. The van der Waals surface area contributed by atoms with Gasteiger partial charge in [-0.05, 0) is 111 Å². The van der Waals surface area contributed by atoms with Crippen LogP contribution in [0.1, 0.15) is 65.3 Å². The molecule has 0 spiro atoms. The zero-order valence-electron chi connectivity index (χ0n) is 36.0. The average Bonchev–Trinajstić information content (AvgIpc) is 3.82. The van der Waals surface area contributed by atoms with E-state index in [9.17, 15) is 0 Å². The summed E-state index contributed by atoms with van der Waals surface area (Å²) in [5, 5.41) is 5.43. The minimum atomic E-state index is -0.413. The molecule has 1 heteroatoms.